The van der Waals surface area contributed by atoms with E-state index >= 15 is 0 Å². The first-order chi connectivity index (χ1) is 24.9. The normalized spacial score (nSPS) is 12.6. The van der Waals surface area contributed by atoms with Crippen LogP contribution in [0.25, 0.3) is 0 Å². The molecule has 0 spiro atoms. The van der Waals surface area contributed by atoms with Gasteiger partial charge in [0.15, 0.2) is 8.32 Å². The number of aliphatic hydroxyl groups excluding tert-OH is 1. The lowest BCUT2D eigenvalue weighted by atomic mass is 10.1. The van der Waals surface area contributed by atoms with Gasteiger partial charge < -0.3 is 23.9 Å². The molecule has 0 aromatic carbocycles. The van der Waals surface area contributed by atoms with E-state index < -0.39 is 8.32 Å². The van der Waals surface area contributed by atoms with Crippen LogP contribution in [0.5, 0.6) is 0 Å². The lowest BCUT2D eigenvalue weighted by Crippen LogP contribution is -2.36. The summed E-state index contributed by atoms with van der Waals surface area (Å²) in [7, 11) is -1.69. The molecule has 1 unspecified atom stereocenters. The molecule has 0 rings (SSSR count). The van der Waals surface area contributed by atoms with Crippen LogP contribution in [0.2, 0.25) is 19.1 Å². The second kappa shape index (κ2) is 39.2. The Kier molecular flexibility index (Phi) is 38.9. The van der Waals surface area contributed by atoms with Crippen LogP contribution in [0.1, 0.15) is 213 Å². The van der Waals surface area contributed by atoms with Crippen molar-refractivity contribution >= 4 is 14.3 Å². The minimum Gasteiger partial charge on any atom is -0.466 e. The van der Waals surface area contributed by atoms with E-state index in [-0.39, 0.29) is 18.9 Å². The van der Waals surface area contributed by atoms with E-state index in [0.29, 0.717) is 13.0 Å². The molecule has 0 bridgehead atoms. The fraction of sp³-hybridized carbons (Fsp3) is 0.977. The van der Waals surface area contributed by atoms with Crippen LogP contribution in [0.3, 0.4) is 0 Å². The molecule has 6 nitrogen and oxygen atoms in total. The van der Waals surface area contributed by atoms with E-state index in [2.05, 4.69) is 38.8 Å². The molecule has 0 amide bonds. The van der Waals surface area contributed by atoms with Gasteiger partial charge in [0.1, 0.15) is 6.29 Å². The van der Waals surface area contributed by atoms with E-state index in [1.165, 1.54) is 154 Å². The average Bonchev–Trinajstić information content (AvgIpc) is 3.11. The molecule has 0 aliphatic heterocycles. The third-order valence-corrected chi connectivity index (χ3v) is 12.8. The van der Waals surface area contributed by atoms with Crippen molar-refractivity contribution in [2.45, 2.75) is 239 Å². The zero-order chi connectivity index (χ0) is 37.5. The van der Waals surface area contributed by atoms with Gasteiger partial charge in [0.05, 0.1) is 13.2 Å². The SMILES string of the molecule is CCCCCCCCCCCOC(=O)CCCCCN(CCO)CCCCCCCCCOC(CCCCCCC)O[Si](C)(C)CCCCCC. The van der Waals surface area contributed by atoms with Crippen molar-refractivity contribution in [3.63, 3.8) is 0 Å². The Labute approximate surface area is 320 Å². The van der Waals surface area contributed by atoms with Crippen molar-refractivity contribution in [3.05, 3.63) is 0 Å². The van der Waals surface area contributed by atoms with Gasteiger partial charge in [-0.3, -0.25) is 4.79 Å². The highest BCUT2D eigenvalue weighted by molar-refractivity contribution is 6.71. The summed E-state index contributed by atoms with van der Waals surface area (Å²) in [6, 6.07) is 1.25. The van der Waals surface area contributed by atoms with E-state index in [1.807, 2.05) is 0 Å². The number of unbranched alkanes of at least 4 members (excludes halogenated alkanes) is 23. The van der Waals surface area contributed by atoms with E-state index in [4.69, 9.17) is 13.9 Å². The van der Waals surface area contributed by atoms with Crippen molar-refractivity contribution in [1.29, 1.82) is 0 Å². The van der Waals surface area contributed by atoms with Gasteiger partial charge in [0, 0.05) is 19.6 Å². The van der Waals surface area contributed by atoms with Gasteiger partial charge in [-0.25, -0.2) is 0 Å². The predicted octanol–water partition coefficient (Wildman–Crippen LogP) is 13.2. The fourth-order valence-corrected chi connectivity index (χ4v) is 9.07. The summed E-state index contributed by atoms with van der Waals surface area (Å²) in [5, 5.41) is 9.55. The van der Waals surface area contributed by atoms with Crippen LogP contribution >= 0.6 is 0 Å². The first-order valence-corrected chi connectivity index (χ1v) is 25.8. The van der Waals surface area contributed by atoms with Gasteiger partial charge in [-0.15, -0.1) is 0 Å². The summed E-state index contributed by atoms with van der Waals surface area (Å²) in [6.07, 6.45) is 36.6. The van der Waals surface area contributed by atoms with Crippen LogP contribution in [-0.4, -0.2) is 70.0 Å². The van der Waals surface area contributed by atoms with Crippen molar-refractivity contribution < 1.29 is 23.8 Å². The number of hydrogen-bond donors (Lipinski definition) is 1. The highest BCUT2D eigenvalue weighted by Gasteiger charge is 2.26. The highest BCUT2D eigenvalue weighted by Crippen LogP contribution is 2.22. The number of carbonyl (C=O) groups is 1. The first-order valence-electron chi connectivity index (χ1n) is 22.7. The number of esters is 1. The van der Waals surface area contributed by atoms with Gasteiger partial charge in [-0.2, -0.15) is 0 Å². The first kappa shape index (κ1) is 50.5. The molecule has 7 heteroatoms. The number of carbonyl (C=O) groups excluding carboxylic acids is 1. The van der Waals surface area contributed by atoms with Crippen molar-refractivity contribution in [2.75, 3.05) is 39.5 Å². The van der Waals surface area contributed by atoms with Gasteiger partial charge in [0.2, 0.25) is 0 Å². The lowest BCUT2D eigenvalue weighted by molar-refractivity contribution is -0.143. The summed E-state index contributed by atoms with van der Waals surface area (Å²) < 4.78 is 18.5. The van der Waals surface area contributed by atoms with Crippen molar-refractivity contribution in [3.8, 4) is 0 Å². The molecule has 0 fully saturated rings. The minimum atomic E-state index is -1.69. The smallest absolute Gasteiger partial charge is 0.305 e. The Hall–Kier alpha value is -0.473. The van der Waals surface area contributed by atoms with Gasteiger partial charge in [-0.1, -0.05) is 162 Å². The molecule has 51 heavy (non-hydrogen) atoms. The van der Waals surface area contributed by atoms with E-state index in [1.54, 1.807) is 0 Å². The third kappa shape index (κ3) is 37.6. The Morgan fingerprint density at radius 3 is 1.55 bits per heavy atom. The van der Waals surface area contributed by atoms with E-state index in [9.17, 15) is 9.90 Å². The quantitative estimate of drug-likeness (QED) is 0.0291. The number of aliphatic hydroxyl groups is 1. The molecule has 0 aromatic rings. The van der Waals surface area contributed by atoms with Gasteiger partial charge in [-0.05, 0) is 77.2 Å². The molecular formula is C44H91NO5Si. The number of nitrogens with zero attached hydrogens (tertiary/aromatic N) is 1. The molecule has 0 saturated heterocycles. The number of hydrogen-bond acceptors (Lipinski definition) is 6. The summed E-state index contributed by atoms with van der Waals surface area (Å²) in [4.78, 5) is 14.5. The van der Waals surface area contributed by atoms with Gasteiger partial charge in [0.25, 0.3) is 0 Å². The standard InChI is InChI=1S/C44H91NO5Si/c1-6-9-12-15-16-17-20-24-31-40-48-43(47)34-27-26-30-37-45(38-39-46)36-29-23-19-18-21-25-32-41-49-44(35-28-22-13-10-7-2)50-51(4,5)42-33-14-11-8-3/h44,46H,6-42H2,1-5H3. The Morgan fingerprint density at radius 1 is 0.549 bits per heavy atom. The topological polar surface area (TPSA) is 68.2 Å². The Bertz CT molecular complexity index is 709. The van der Waals surface area contributed by atoms with Gasteiger partial charge >= 0.3 is 5.97 Å². The zero-order valence-corrected chi connectivity index (χ0v) is 36.3. The maximum atomic E-state index is 12.1. The minimum absolute atomic E-state index is 0.00273. The maximum absolute atomic E-state index is 12.1. The summed E-state index contributed by atoms with van der Waals surface area (Å²) in [5.74, 6) is -0.0327. The molecule has 0 aliphatic rings. The highest BCUT2D eigenvalue weighted by atomic mass is 28.4. The molecule has 0 radical (unpaired) electrons. The number of ether oxygens (including phenoxy) is 2. The Morgan fingerprint density at radius 2 is 1.00 bits per heavy atom. The van der Waals surface area contributed by atoms with Crippen LogP contribution in [0, 0.1) is 0 Å². The second-order valence-corrected chi connectivity index (χ2v) is 20.3. The summed E-state index contributed by atoms with van der Waals surface area (Å²) in [6.45, 7) is 16.0. The molecule has 1 N–H and O–H groups in total. The molecule has 306 valence electrons. The maximum Gasteiger partial charge on any atom is 0.305 e. The van der Waals surface area contributed by atoms with Crippen LogP contribution < -0.4 is 0 Å². The lowest BCUT2D eigenvalue weighted by Gasteiger charge is -2.29. The molecule has 0 aromatic heterocycles. The molecule has 0 heterocycles. The van der Waals surface area contributed by atoms with E-state index in [0.717, 1.165) is 64.8 Å². The number of rotatable bonds is 42. The molecule has 1 atom stereocenters. The fourth-order valence-electron chi connectivity index (χ4n) is 6.95. The second-order valence-electron chi connectivity index (χ2n) is 16.1. The Balaban J connectivity index is 3.94. The summed E-state index contributed by atoms with van der Waals surface area (Å²) in [5.41, 5.74) is 0. The monoisotopic (exact) mass is 742 g/mol. The van der Waals surface area contributed by atoms with Crippen molar-refractivity contribution in [2.24, 2.45) is 0 Å². The molecule has 0 saturated carbocycles. The summed E-state index contributed by atoms with van der Waals surface area (Å²) >= 11 is 0. The zero-order valence-electron chi connectivity index (χ0n) is 35.3. The van der Waals surface area contributed by atoms with Crippen LogP contribution in [0.4, 0.5) is 0 Å². The molecular weight excluding hydrogens is 651 g/mol. The largest absolute Gasteiger partial charge is 0.466 e. The average molecular weight is 742 g/mol. The van der Waals surface area contributed by atoms with Crippen LogP contribution in [-0.2, 0) is 18.7 Å². The molecule has 0 aliphatic carbocycles. The van der Waals surface area contributed by atoms with Crippen molar-refractivity contribution in [1.82, 2.24) is 4.90 Å². The predicted molar refractivity (Wildman–Crippen MR) is 223 cm³/mol. The third-order valence-electron chi connectivity index (χ3n) is 10.3. The van der Waals surface area contributed by atoms with Crippen LogP contribution in [0.15, 0.2) is 0 Å².